The Balaban J connectivity index is 2.03. The summed E-state index contributed by atoms with van der Waals surface area (Å²) < 4.78 is 0.747. The lowest BCUT2D eigenvalue weighted by Crippen LogP contribution is -2.10. The molecule has 0 aromatic carbocycles. The molecule has 0 radical (unpaired) electrons. The molecule has 0 bridgehead atoms. The molecule has 4 nitrogen and oxygen atoms in total. The van der Waals surface area contributed by atoms with Crippen LogP contribution >= 0.6 is 15.9 Å². The van der Waals surface area contributed by atoms with Crippen molar-refractivity contribution < 1.29 is 0 Å². The van der Waals surface area contributed by atoms with Crippen LogP contribution in [-0.2, 0) is 0 Å². The average molecular weight is 299 g/mol. The molecule has 0 saturated heterocycles. The van der Waals surface area contributed by atoms with Gasteiger partial charge in [0, 0.05) is 6.54 Å². The van der Waals surface area contributed by atoms with E-state index >= 15 is 0 Å². The van der Waals surface area contributed by atoms with Crippen LogP contribution in [0.25, 0.3) is 0 Å². The number of hydrogen-bond donors (Lipinski definition) is 2. The van der Waals surface area contributed by atoms with E-state index in [2.05, 4.69) is 58.9 Å². The molecule has 17 heavy (non-hydrogen) atoms. The second-order valence-corrected chi connectivity index (χ2v) is 6.59. The molecule has 3 N–H and O–H groups in total. The summed E-state index contributed by atoms with van der Waals surface area (Å²) >= 11 is 3.40. The topological polar surface area (TPSA) is 63.8 Å². The fourth-order valence-corrected chi connectivity index (χ4v) is 2.89. The van der Waals surface area contributed by atoms with E-state index in [1.54, 1.807) is 0 Å². The first-order chi connectivity index (χ1) is 7.78. The molecule has 1 saturated carbocycles. The number of nitrogens with zero attached hydrogens (tertiary/aromatic N) is 2. The summed E-state index contributed by atoms with van der Waals surface area (Å²) in [6.45, 7) is 10.1. The number of halogens is 1. The highest BCUT2D eigenvalue weighted by Gasteiger charge is 2.64. The van der Waals surface area contributed by atoms with Crippen LogP contribution in [0.5, 0.6) is 0 Å². The molecule has 1 aliphatic rings. The molecule has 0 unspecified atom stereocenters. The van der Waals surface area contributed by atoms with Crippen LogP contribution < -0.4 is 11.1 Å². The minimum atomic E-state index is 0.380. The first kappa shape index (κ1) is 12.6. The lowest BCUT2D eigenvalue weighted by atomic mass is 10.0. The Morgan fingerprint density at radius 3 is 2.41 bits per heavy atom. The summed E-state index contributed by atoms with van der Waals surface area (Å²) in [6.07, 6.45) is 1.48. The van der Waals surface area contributed by atoms with Crippen LogP contribution in [0.2, 0.25) is 0 Å². The van der Waals surface area contributed by atoms with Crippen molar-refractivity contribution in [2.24, 2.45) is 16.7 Å². The molecule has 5 heteroatoms. The van der Waals surface area contributed by atoms with Crippen molar-refractivity contribution >= 4 is 27.6 Å². The van der Waals surface area contributed by atoms with Crippen molar-refractivity contribution in [3.05, 3.63) is 10.8 Å². The number of hydrogen-bond acceptors (Lipinski definition) is 4. The molecule has 0 aliphatic heterocycles. The van der Waals surface area contributed by atoms with Crippen molar-refractivity contribution in [1.29, 1.82) is 0 Å². The van der Waals surface area contributed by atoms with Crippen molar-refractivity contribution in [2.75, 3.05) is 17.6 Å². The summed E-state index contributed by atoms with van der Waals surface area (Å²) in [5, 5.41) is 3.35. The van der Waals surface area contributed by atoms with Gasteiger partial charge in [-0.3, -0.25) is 0 Å². The van der Waals surface area contributed by atoms with Gasteiger partial charge in [0.25, 0.3) is 0 Å². The molecule has 1 aromatic heterocycles. The third-order valence-electron chi connectivity index (χ3n) is 4.61. The van der Waals surface area contributed by atoms with E-state index < -0.39 is 0 Å². The SMILES string of the molecule is CC1(C)C(CNc2ncnc(N)c2Br)C1(C)C. The number of nitrogen functional groups attached to an aromatic ring is 1. The lowest BCUT2D eigenvalue weighted by molar-refractivity contribution is 0.457. The van der Waals surface area contributed by atoms with Crippen molar-refractivity contribution in [3.63, 3.8) is 0 Å². The van der Waals surface area contributed by atoms with Gasteiger partial charge in [0.1, 0.15) is 22.4 Å². The maximum Gasteiger partial charge on any atom is 0.145 e. The van der Waals surface area contributed by atoms with Gasteiger partial charge < -0.3 is 11.1 Å². The maximum absolute atomic E-state index is 5.71. The van der Waals surface area contributed by atoms with Gasteiger partial charge in [-0.25, -0.2) is 9.97 Å². The Kier molecular flexibility index (Phi) is 2.84. The molecular weight excluding hydrogens is 280 g/mol. The Morgan fingerprint density at radius 2 is 1.88 bits per heavy atom. The highest BCUT2D eigenvalue weighted by atomic mass is 79.9. The first-order valence-corrected chi connectivity index (χ1v) is 6.57. The van der Waals surface area contributed by atoms with Gasteiger partial charge in [-0.2, -0.15) is 0 Å². The molecule has 0 atom stereocenters. The lowest BCUT2D eigenvalue weighted by Gasteiger charge is -2.09. The van der Waals surface area contributed by atoms with E-state index in [9.17, 15) is 0 Å². The largest absolute Gasteiger partial charge is 0.383 e. The van der Waals surface area contributed by atoms with E-state index in [0.29, 0.717) is 22.6 Å². The number of rotatable bonds is 3. The molecule has 1 aromatic rings. The van der Waals surface area contributed by atoms with Gasteiger partial charge >= 0.3 is 0 Å². The minimum absolute atomic E-state index is 0.380. The molecule has 2 rings (SSSR count). The van der Waals surface area contributed by atoms with E-state index in [1.807, 2.05) is 0 Å². The second kappa shape index (κ2) is 3.83. The zero-order chi connectivity index (χ0) is 12.8. The number of nitrogens with two attached hydrogens (primary N) is 1. The average Bonchev–Trinajstić information content (AvgIpc) is 2.61. The minimum Gasteiger partial charge on any atom is -0.383 e. The van der Waals surface area contributed by atoms with Gasteiger partial charge in [0.15, 0.2) is 0 Å². The standard InChI is InChI=1S/C12H19BrN4/c1-11(2)7(12(11,3)4)5-15-10-8(13)9(14)16-6-17-10/h6-7H,5H2,1-4H3,(H3,14,15,16,17). The number of nitrogens with one attached hydrogen (secondary N) is 1. The number of aromatic nitrogens is 2. The fraction of sp³-hybridized carbons (Fsp3) is 0.667. The van der Waals surface area contributed by atoms with Crippen LogP contribution in [0.15, 0.2) is 10.8 Å². The Morgan fingerprint density at radius 1 is 1.29 bits per heavy atom. The third kappa shape index (κ3) is 1.90. The number of anilines is 2. The van der Waals surface area contributed by atoms with Crippen molar-refractivity contribution in [1.82, 2.24) is 9.97 Å². The highest BCUT2D eigenvalue weighted by molar-refractivity contribution is 9.10. The van der Waals surface area contributed by atoms with Gasteiger partial charge in [-0.05, 0) is 32.7 Å². The van der Waals surface area contributed by atoms with Crippen molar-refractivity contribution in [3.8, 4) is 0 Å². The summed E-state index contributed by atoms with van der Waals surface area (Å²) in [7, 11) is 0. The second-order valence-electron chi connectivity index (χ2n) is 5.80. The summed E-state index contributed by atoms with van der Waals surface area (Å²) in [6, 6.07) is 0. The zero-order valence-corrected chi connectivity index (χ0v) is 12.3. The van der Waals surface area contributed by atoms with Crippen LogP contribution in [0.4, 0.5) is 11.6 Å². The van der Waals surface area contributed by atoms with Crippen LogP contribution in [-0.4, -0.2) is 16.5 Å². The predicted octanol–water partition coefficient (Wildman–Crippen LogP) is 2.92. The molecule has 1 aliphatic carbocycles. The van der Waals surface area contributed by atoms with Crippen LogP contribution in [0.1, 0.15) is 27.7 Å². The van der Waals surface area contributed by atoms with E-state index in [-0.39, 0.29) is 0 Å². The highest BCUT2D eigenvalue weighted by Crippen LogP contribution is 2.68. The quantitative estimate of drug-likeness (QED) is 0.900. The summed E-state index contributed by atoms with van der Waals surface area (Å²) in [5.74, 6) is 1.89. The van der Waals surface area contributed by atoms with Gasteiger partial charge in [-0.15, -0.1) is 0 Å². The normalized spacial score (nSPS) is 21.2. The monoisotopic (exact) mass is 298 g/mol. The zero-order valence-electron chi connectivity index (χ0n) is 10.7. The Bertz CT molecular complexity index is 428. The first-order valence-electron chi connectivity index (χ1n) is 5.78. The van der Waals surface area contributed by atoms with Gasteiger partial charge in [0.05, 0.1) is 0 Å². The van der Waals surface area contributed by atoms with Gasteiger partial charge in [0.2, 0.25) is 0 Å². The Labute approximate surface area is 111 Å². The van der Waals surface area contributed by atoms with E-state index in [4.69, 9.17) is 5.73 Å². The van der Waals surface area contributed by atoms with Crippen LogP contribution in [0, 0.1) is 16.7 Å². The third-order valence-corrected chi connectivity index (χ3v) is 5.39. The summed E-state index contributed by atoms with van der Waals surface area (Å²) in [5.41, 5.74) is 6.47. The maximum atomic E-state index is 5.71. The predicted molar refractivity (Wildman–Crippen MR) is 73.7 cm³/mol. The molecule has 94 valence electrons. The summed E-state index contributed by atoms with van der Waals surface area (Å²) in [4.78, 5) is 8.10. The van der Waals surface area contributed by atoms with Crippen molar-refractivity contribution in [2.45, 2.75) is 27.7 Å². The molecule has 0 spiro atoms. The molecular formula is C12H19BrN4. The van der Waals surface area contributed by atoms with Gasteiger partial charge in [-0.1, -0.05) is 27.7 Å². The van der Waals surface area contributed by atoms with Crippen LogP contribution in [0.3, 0.4) is 0 Å². The smallest absolute Gasteiger partial charge is 0.145 e. The van der Waals surface area contributed by atoms with E-state index in [0.717, 1.165) is 16.8 Å². The molecule has 1 fully saturated rings. The molecule has 0 amide bonds. The van der Waals surface area contributed by atoms with E-state index in [1.165, 1.54) is 6.33 Å². The Hall–Kier alpha value is -0.840. The fourth-order valence-electron chi connectivity index (χ4n) is 2.55. The molecule has 1 heterocycles.